The Balaban J connectivity index is 2.01. The number of carbonyl (C=O) groups excluding carboxylic acids is 3. The van der Waals surface area contributed by atoms with Crippen LogP contribution in [0, 0.1) is 11.3 Å². The second kappa shape index (κ2) is 7.74. The maximum atomic E-state index is 12.2. The van der Waals surface area contributed by atoms with Gasteiger partial charge in [0.15, 0.2) is 12.4 Å². The zero-order chi connectivity index (χ0) is 17.5. The van der Waals surface area contributed by atoms with E-state index in [1.807, 2.05) is 6.07 Å². The van der Waals surface area contributed by atoms with E-state index in [9.17, 15) is 14.4 Å². The van der Waals surface area contributed by atoms with Gasteiger partial charge in [-0.3, -0.25) is 14.5 Å². The molecule has 0 fully saturated rings. The highest BCUT2D eigenvalue weighted by Crippen LogP contribution is 2.13. The number of H-pyrrole nitrogens is 1. The molecule has 0 aliphatic rings. The Hall–Kier alpha value is -3.40. The fourth-order valence-electron chi connectivity index (χ4n) is 2.00. The number of nitrogens with one attached hydrogen (secondary N) is 1. The molecule has 0 spiro atoms. The number of aromatic nitrogens is 1. The summed E-state index contributed by atoms with van der Waals surface area (Å²) in [6.45, 7) is 0.711. The van der Waals surface area contributed by atoms with E-state index in [1.165, 1.54) is 24.1 Å². The summed E-state index contributed by atoms with van der Waals surface area (Å²) in [5, 5.41) is 8.87. The Bertz CT molecular complexity index is 790. The van der Waals surface area contributed by atoms with Gasteiger partial charge in [-0.15, -0.1) is 0 Å². The van der Waals surface area contributed by atoms with E-state index in [1.54, 1.807) is 30.3 Å². The quantitative estimate of drug-likeness (QED) is 0.496. The number of amides is 1. The van der Waals surface area contributed by atoms with Crippen molar-refractivity contribution >= 4 is 23.3 Å². The highest BCUT2D eigenvalue weighted by Gasteiger charge is 2.19. The van der Waals surface area contributed by atoms with Crippen LogP contribution in [-0.4, -0.2) is 35.8 Å². The SMILES string of the molecule is CC(=O)c1c[nH]c(C(=O)OCC(=O)N(CC#N)c2ccccc2)c1. The van der Waals surface area contributed by atoms with Crippen LogP contribution in [0.15, 0.2) is 42.6 Å². The molecule has 2 rings (SSSR count). The lowest BCUT2D eigenvalue weighted by Gasteiger charge is -2.19. The van der Waals surface area contributed by atoms with Crippen LogP contribution in [0.1, 0.15) is 27.8 Å². The van der Waals surface area contributed by atoms with Crippen LogP contribution in [0.4, 0.5) is 5.69 Å². The van der Waals surface area contributed by atoms with Crippen LogP contribution in [0.25, 0.3) is 0 Å². The Morgan fingerprint density at radius 1 is 1.25 bits per heavy atom. The lowest BCUT2D eigenvalue weighted by atomic mass is 10.2. The smallest absolute Gasteiger partial charge is 0.355 e. The van der Waals surface area contributed by atoms with Gasteiger partial charge in [-0.05, 0) is 25.1 Å². The van der Waals surface area contributed by atoms with Crippen LogP contribution in [-0.2, 0) is 9.53 Å². The van der Waals surface area contributed by atoms with Gasteiger partial charge < -0.3 is 9.72 Å². The summed E-state index contributed by atoms with van der Waals surface area (Å²) in [4.78, 5) is 39.2. The molecule has 0 aliphatic carbocycles. The van der Waals surface area contributed by atoms with Crippen molar-refractivity contribution in [1.29, 1.82) is 5.26 Å². The first kappa shape index (κ1) is 17.0. The summed E-state index contributed by atoms with van der Waals surface area (Å²) in [6, 6.07) is 11.9. The van der Waals surface area contributed by atoms with Crippen molar-refractivity contribution in [3.05, 3.63) is 53.9 Å². The third-order valence-electron chi connectivity index (χ3n) is 3.23. The lowest BCUT2D eigenvalue weighted by molar-refractivity contribution is -0.121. The van der Waals surface area contributed by atoms with E-state index in [2.05, 4.69) is 4.98 Å². The van der Waals surface area contributed by atoms with Gasteiger partial charge in [0.2, 0.25) is 0 Å². The van der Waals surface area contributed by atoms with E-state index in [0.29, 0.717) is 11.3 Å². The average molecular weight is 325 g/mol. The number of rotatable bonds is 6. The molecule has 0 radical (unpaired) electrons. The van der Waals surface area contributed by atoms with Crippen LogP contribution < -0.4 is 4.90 Å². The molecule has 1 N–H and O–H groups in total. The normalized spacial score (nSPS) is 9.83. The Morgan fingerprint density at radius 3 is 2.54 bits per heavy atom. The third-order valence-corrected chi connectivity index (χ3v) is 3.23. The second-order valence-electron chi connectivity index (χ2n) is 4.91. The zero-order valence-electron chi connectivity index (χ0n) is 13.0. The monoisotopic (exact) mass is 325 g/mol. The highest BCUT2D eigenvalue weighted by atomic mass is 16.5. The number of ether oxygens (including phenoxy) is 1. The van der Waals surface area contributed by atoms with E-state index in [4.69, 9.17) is 10.00 Å². The summed E-state index contributed by atoms with van der Waals surface area (Å²) in [5.41, 5.74) is 0.974. The number of anilines is 1. The largest absolute Gasteiger partial charge is 0.451 e. The van der Waals surface area contributed by atoms with E-state index in [0.717, 1.165) is 0 Å². The molecule has 7 nitrogen and oxygen atoms in total. The first-order valence-corrected chi connectivity index (χ1v) is 7.11. The van der Waals surface area contributed by atoms with Crippen molar-refractivity contribution < 1.29 is 19.1 Å². The lowest BCUT2D eigenvalue weighted by Crippen LogP contribution is -2.35. The van der Waals surface area contributed by atoms with Crippen molar-refractivity contribution in [3.8, 4) is 6.07 Å². The molecule has 2 aromatic rings. The number of aromatic amines is 1. The van der Waals surface area contributed by atoms with Crippen LogP contribution in [0.2, 0.25) is 0 Å². The standard InChI is InChI=1S/C17H15N3O4/c1-12(21)13-9-15(19-10-13)17(23)24-11-16(22)20(8-7-18)14-5-3-2-4-6-14/h2-6,9-10,19H,8,11H2,1H3. The second-order valence-corrected chi connectivity index (χ2v) is 4.91. The van der Waals surface area contributed by atoms with Gasteiger partial charge in [0.25, 0.3) is 5.91 Å². The molecule has 0 unspecified atom stereocenters. The van der Waals surface area contributed by atoms with Crippen molar-refractivity contribution in [2.45, 2.75) is 6.92 Å². The van der Waals surface area contributed by atoms with Gasteiger partial charge in [0.1, 0.15) is 12.2 Å². The topological polar surface area (TPSA) is 103 Å². The fraction of sp³-hybridized carbons (Fsp3) is 0.176. The number of benzene rings is 1. The zero-order valence-corrected chi connectivity index (χ0v) is 13.0. The average Bonchev–Trinajstić information content (AvgIpc) is 3.08. The fourth-order valence-corrected chi connectivity index (χ4v) is 2.00. The number of carbonyl (C=O) groups is 3. The molecule has 24 heavy (non-hydrogen) atoms. The first-order chi connectivity index (χ1) is 11.5. The Labute approximate surface area is 138 Å². The molecule has 0 saturated carbocycles. The van der Waals surface area contributed by atoms with Gasteiger partial charge in [0, 0.05) is 17.4 Å². The number of nitriles is 1. The predicted octanol–water partition coefficient (Wildman–Crippen LogP) is 1.93. The molecule has 0 aliphatic heterocycles. The molecule has 1 amide bonds. The number of ketones is 1. The number of nitrogens with zero attached hydrogens (tertiary/aromatic N) is 2. The Kier molecular flexibility index (Phi) is 5.47. The van der Waals surface area contributed by atoms with Crippen molar-refractivity contribution in [1.82, 2.24) is 4.98 Å². The highest BCUT2D eigenvalue weighted by molar-refractivity contribution is 5.99. The van der Waals surface area contributed by atoms with Crippen molar-refractivity contribution in [3.63, 3.8) is 0 Å². The molecule has 0 atom stereocenters. The van der Waals surface area contributed by atoms with Gasteiger partial charge >= 0.3 is 5.97 Å². The molecule has 122 valence electrons. The maximum absolute atomic E-state index is 12.2. The maximum Gasteiger partial charge on any atom is 0.355 e. The summed E-state index contributed by atoms with van der Waals surface area (Å²) in [5.74, 6) is -1.46. The number of esters is 1. The van der Waals surface area contributed by atoms with Crippen LogP contribution in [0.3, 0.4) is 0 Å². The van der Waals surface area contributed by atoms with E-state index in [-0.39, 0.29) is 18.0 Å². The minimum absolute atomic E-state index is 0.0829. The Morgan fingerprint density at radius 2 is 1.96 bits per heavy atom. The van der Waals surface area contributed by atoms with E-state index < -0.39 is 18.5 Å². The third kappa shape index (κ3) is 4.08. The first-order valence-electron chi connectivity index (χ1n) is 7.11. The van der Waals surface area contributed by atoms with Crippen LogP contribution >= 0.6 is 0 Å². The number of Topliss-reactive ketones (excluding diaryl/α,β-unsaturated/α-hetero) is 1. The molecule has 7 heteroatoms. The molecular weight excluding hydrogens is 310 g/mol. The summed E-state index contributed by atoms with van der Waals surface area (Å²) < 4.78 is 4.95. The van der Waals surface area contributed by atoms with Gasteiger partial charge in [-0.1, -0.05) is 18.2 Å². The van der Waals surface area contributed by atoms with Gasteiger partial charge in [0.05, 0.1) is 6.07 Å². The molecule has 1 aromatic heterocycles. The van der Waals surface area contributed by atoms with Crippen LogP contribution in [0.5, 0.6) is 0 Å². The number of para-hydroxylation sites is 1. The summed E-state index contributed by atoms with van der Waals surface area (Å²) >= 11 is 0. The summed E-state index contributed by atoms with van der Waals surface area (Å²) in [7, 11) is 0. The van der Waals surface area contributed by atoms with Gasteiger partial charge in [-0.25, -0.2) is 4.79 Å². The van der Waals surface area contributed by atoms with Gasteiger partial charge in [-0.2, -0.15) is 5.26 Å². The molecule has 1 heterocycles. The molecule has 1 aromatic carbocycles. The number of hydrogen-bond donors (Lipinski definition) is 1. The predicted molar refractivity (Wildman–Crippen MR) is 85.5 cm³/mol. The molecule has 0 saturated heterocycles. The molecule has 0 bridgehead atoms. The molecular formula is C17H15N3O4. The minimum atomic E-state index is -0.749. The van der Waals surface area contributed by atoms with Crippen molar-refractivity contribution in [2.75, 3.05) is 18.1 Å². The van der Waals surface area contributed by atoms with Crippen molar-refractivity contribution in [2.24, 2.45) is 0 Å². The minimum Gasteiger partial charge on any atom is -0.451 e. The summed E-state index contributed by atoms with van der Waals surface area (Å²) in [6.07, 6.45) is 1.40. The van der Waals surface area contributed by atoms with E-state index >= 15 is 0 Å². The number of hydrogen-bond acceptors (Lipinski definition) is 5.